The highest BCUT2D eigenvalue weighted by Crippen LogP contribution is 2.34. The van der Waals surface area contributed by atoms with E-state index in [1.165, 1.54) is 25.6 Å². The maximum absolute atomic E-state index is 13.0. The molecule has 1 aliphatic carbocycles. The molecule has 0 spiro atoms. The Bertz CT molecular complexity index is 1460. The predicted molar refractivity (Wildman–Crippen MR) is 141 cm³/mol. The number of amides is 2. The lowest BCUT2D eigenvalue weighted by Gasteiger charge is -2.11. The van der Waals surface area contributed by atoms with Crippen LogP contribution in [0.4, 0.5) is 11.4 Å². The van der Waals surface area contributed by atoms with E-state index in [1.54, 1.807) is 48.5 Å². The lowest BCUT2D eigenvalue weighted by molar-refractivity contribution is -0.116. The van der Waals surface area contributed by atoms with Crippen molar-refractivity contribution < 1.29 is 19.1 Å². The number of carbonyl (C=O) groups is 2. The first kappa shape index (κ1) is 24.4. The standard InChI is InChI=1S/C26H26N6O4S/c1-32-13-21(26(31-32)36-3)30-25(34)18-7-6-16(9-22(18)35-2)19-11-27-12-20(29-19)23-10-17(14-37-23)28-24(33)8-15-4-5-15/h6-7,9-15H,4-5,8H2,1-3H3,(H,28,33)(H,30,34). The van der Waals surface area contributed by atoms with E-state index in [9.17, 15) is 9.59 Å². The number of nitrogens with zero attached hydrogens (tertiary/aromatic N) is 4. The van der Waals surface area contributed by atoms with E-state index < -0.39 is 0 Å². The van der Waals surface area contributed by atoms with Crippen LogP contribution in [-0.4, -0.2) is 45.8 Å². The fourth-order valence-corrected chi connectivity index (χ4v) is 4.68. The number of benzene rings is 1. The fraction of sp³-hybridized carbons (Fsp3) is 0.269. The number of methoxy groups -OCH3 is 2. The number of hydrogen-bond donors (Lipinski definition) is 2. The van der Waals surface area contributed by atoms with Gasteiger partial charge in [0.2, 0.25) is 5.91 Å². The summed E-state index contributed by atoms with van der Waals surface area (Å²) in [7, 11) is 4.74. The van der Waals surface area contributed by atoms with Gasteiger partial charge in [-0.05, 0) is 37.0 Å². The lowest BCUT2D eigenvalue weighted by atomic mass is 10.1. The van der Waals surface area contributed by atoms with Gasteiger partial charge in [0.05, 0.1) is 60.3 Å². The second-order valence-electron chi connectivity index (χ2n) is 8.78. The van der Waals surface area contributed by atoms with Gasteiger partial charge in [-0.25, -0.2) is 4.98 Å². The largest absolute Gasteiger partial charge is 0.496 e. The second-order valence-corrected chi connectivity index (χ2v) is 9.69. The van der Waals surface area contributed by atoms with Crippen LogP contribution in [-0.2, 0) is 11.8 Å². The molecule has 11 heteroatoms. The Balaban J connectivity index is 1.34. The molecule has 1 aromatic carbocycles. The Hall–Kier alpha value is -4.25. The van der Waals surface area contributed by atoms with Gasteiger partial charge in [0.1, 0.15) is 11.4 Å². The van der Waals surface area contributed by atoms with Gasteiger partial charge in [-0.15, -0.1) is 16.4 Å². The highest BCUT2D eigenvalue weighted by molar-refractivity contribution is 7.14. The second kappa shape index (κ2) is 10.4. The number of aromatic nitrogens is 4. The first-order valence-corrected chi connectivity index (χ1v) is 12.6. The molecule has 0 atom stereocenters. The van der Waals surface area contributed by atoms with Gasteiger partial charge >= 0.3 is 0 Å². The summed E-state index contributed by atoms with van der Waals surface area (Å²) in [5.74, 6) is 0.933. The molecule has 37 heavy (non-hydrogen) atoms. The Labute approximate surface area is 217 Å². The lowest BCUT2D eigenvalue weighted by Crippen LogP contribution is -2.13. The maximum Gasteiger partial charge on any atom is 0.259 e. The number of ether oxygens (including phenoxy) is 2. The molecule has 1 saturated carbocycles. The Kier molecular flexibility index (Phi) is 6.87. The molecule has 0 bridgehead atoms. The molecule has 190 valence electrons. The van der Waals surface area contributed by atoms with Crippen molar-refractivity contribution >= 4 is 34.5 Å². The predicted octanol–water partition coefficient (Wildman–Crippen LogP) is 4.61. The summed E-state index contributed by atoms with van der Waals surface area (Å²) in [5, 5.41) is 11.8. The van der Waals surface area contributed by atoms with Crippen LogP contribution in [0.25, 0.3) is 21.8 Å². The Morgan fingerprint density at radius 2 is 1.92 bits per heavy atom. The van der Waals surface area contributed by atoms with Gasteiger partial charge in [0.25, 0.3) is 11.8 Å². The monoisotopic (exact) mass is 518 g/mol. The molecule has 5 rings (SSSR count). The van der Waals surface area contributed by atoms with Crippen LogP contribution in [0.3, 0.4) is 0 Å². The van der Waals surface area contributed by atoms with Crippen molar-refractivity contribution in [1.82, 2.24) is 19.7 Å². The van der Waals surface area contributed by atoms with Crippen molar-refractivity contribution in [3.63, 3.8) is 0 Å². The smallest absolute Gasteiger partial charge is 0.259 e. The minimum Gasteiger partial charge on any atom is -0.496 e. The van der Waals surface area contributed by atoms with E-state index >= 15 is 0 Å². The molecule has 10 nitrogen and oxygen atoms in total. The molecule has 2 amide bonds. The minimum atomic E-state index is -0.357. The van der Waals surface area contributed by atoms with Crippen LogP contribution < -0.4 is 20.1 Å². The minimum absolute atomic E-state index is 0.0462. The van der Waals surface area contributed by atoms with E-state index in [2.05, 4.69) is 20.7 Å². The van der Waals surface area contributed by atoms with Crippen LogP contribution in [0, 0.1) is 5.92 Å². The molecule has 0 aliphatic heterocycles. The summed E-state index contributed by atoms with van der Waals surface area (Å²) in [5.41, 5.74) is 3.64. The summed E-state index contributed by atoms with van der Waals surface area (Å²) in [6, 6.07) is 7.13. The summed E-state index contributed by atoms with van der Waals surface area (Å²) in [4.78, 5) is 35.1. The highest BCUT2D eigenvalue weighted by Gasteiger charge is 2.24. The van der Waals surface area contributed by atoms with Gasteiger partial charge in [-0.2, -0.15) is 0 Å². The van der Waals surface area contributed by atoms with Gasteiger partial charge in [0, 0.05) is 24.4 Å². The summed E-state index contributed by atoms with van der Waals surface area (Å²) >= 11 is 1.49. The zero-order valence-corrected chi connectivity index (χ0v) is 21.5. The molecule has 0 saturated heterocycles. The van der Waals surface area contributed by atoms with Crippen molar-refractivity contribution in [2.24, 2.45) is 13.0 Å². The molecule has 2 N–H and O–H groups in total. The highest BCUT2D eigenvalue weighted by atomic mass is 32.1. The number of anilines is 2. The van der Waals surface area contributed by atoms with E-state index in [0.717, 1.165) is 29.0 Å². The first-order valence-electron chi connectivity index (χ1n) is 11.7. The van der Waals surface area contributed by atoms with Crippen LogP contribution in [0.1, 0.15) is 29.6 Å². The van der Waals surface area contributed by atoms with Gasteiger partial charge in [0.15, 0.2) is 0 Å². The Morgan fingerprint density at radius 1 is 1.11 bits per heavy atom. The number of hydrogen-bond acceptors (Lipinski definition) is 8. The van der Waals surface area contributed by atoms with Crippen LogP contribution in [0.5, 0.6) is 11.6 Å². The number of thiophene rings is 1. The normalized spacial score (nSPS) is 12.7. The maximum atomic E-state index is 13.0. The fourth-order valence-electron chi connectivity index (χ4n) is 3.89. The molecular weight excluding hydrogens is 492 g/mol. The first-order chi connectivity index (χ1) is 17.9. The van der Waals surface area contributed by atoms with Crippen molar-refractivity contribution in [2.45, 2.75) is 19.3 Å². The van der Waals surface area contributed by atoms with Gasteiger partial charge in [-0.3, -0.25) is 19.3 Å². The van der Waals surface area contributed by atoms with Crippen molar-refractivity contribution in [3.8, 4) is 33.5 Å². The average Bonchev–Trinajstić information content (AvgIpc) is 3.46. The molecule has 0 radical (unpaired) electrons. The third-order valence-electron chi connectivity index (χ3n) is 5.92. The molecule has 1 aliphatic rings. The molecule has 1 fully saturated rings. The van der Waals surface area contributed by atoms with Crippen LogP contribution >= 0.6 is 11.3 Å². The number of nitrogens with one attached hydrogen (secondary N) is 2. The zero-order chi connectivity index (χ0) is 25.9. The average molecular weight is 519 g/mol. The third-order valence-corrected chi connectivity index (χ3v) is 6.87. The van der Waals surface area contributed by atoms with Crippen molar-refractivity contribution in [1.29, 1.82) is 0 Å². The molecule has 3 aromatic heterocycles. The topological polar surface area (TPSA) is 120 Å². The SMILES string of the molecule is COc1cc(-c2cncc(-c3cc(NC(=O)CC4CC4)cs3)n2)ccc1C(=O)Nc1cn(C)nc1OC. The quantitative estimate of drug-likeness (QED) is 0.332. The third kappa shape index (κ3) is 5.61. The van der Waals surface area contributed by atoms with Crippen LogP contribution in [0.15, 0.2) is 48.2 Å². The van der Waals surface area contributed by atoms with Gasteiger partial charge in [-0.1, -0.05) is 6.07 Å². The van der Waals surface area contributed by atoms with E-state index in [4.69, 9.17) is 14.5 Å². The molecular formula is C26H26N6O4S. The van der Waals surface area contributed by atoms with Crippen molar-refractivity contribution in [3.05, 3.63) is 53.8 Å². The zero-order valence-electron chi connectivity index (χ0n) is 20.6. The van der Waals surface area contributed by atoms with E-state index in [0.29, 0.717) is 46.6 Å². The summed E-state index contributed by atoms with van der Waals surface area (Å²) in [6.07, 6.45) is 7.86. The molecule has 4 aromatic rings. The summed E-state index contributed by atoms with van der Waals surface area (Å²) < 4.78 is 12.3. The van der Waals surface area contributed by atoms with E-state index in [1.807, 2.05) is 11.4 Å². The molecule has 3 heterocycles. The van der Waals surface area contributed by atoms with Gasteiger partial charge < -0.3 is 20.1 Å². The van der Waals surface area contributed by atoms with E-state index in [-0.39, 0.29) is 11.8 Å². The number of carbonyl (C=O) groups excluding carboxylic acids is 2. The summed E-state index contributed by atoms with van der Waals surface area (Å²) in [6.45, 7) is 0. The van der Waals surface area contributed by atoms with Crippen molar-refractivity contribution in [2.75, 3.05) is 24.9 Å². The number of rotatable bonds is 9. The Morgan fingerprint density at radius 3 is 2.68 bits per heavy atom. The number of aryl methyl sites for hydroxylation is 1. The molecule has 0 unspecified atom stereocenters. The van der Waals surface area contributed by atoms with Crippen LogP contribution in [0.2, 0.25) is 0 Å².